The molecule has 16 heavy (non-hydrogen) atoms. The number of benzene rings is 1. The second kappa shape index (κ2) is 4.98. The van der Waals surface area contributed by atoms with Crippen molar-refractivity contribution in [1.82, 2.24) is 0 Å². The number of hydrogen-bond donors (Lipinski definition) is 0. The van der Waals surface area contributed by atoms with E-state index in [1.165, 1.54) is 0 Å². The van der Waals surface area contributed by atoms with Gasteiger partial charge in [-0.15, -0.1) is 0 Å². The molecule has 1 unspecified atom stereocenters. The molecule has 0 spiro atoms. The van der Waals surface area contributed by atoms with Crippen molar-refractivity contribution in [1.29, 1.82) is 0 Å². The van der Waals surface area contributed by atoms with Crippen molar-refractivity contribution in [2.24, 2.45) is 5.92 Å². The average molecular weight is 239 g/mol. The summed E-state index contributed by atoms with van der Waals surface area (Å²) in [6.45, 7) is 3.25. The largest absolute Gasteiger partial charge is 0.381 e. The molecular weight excluding hydrogens is 224 g/mol. The summed E-state index contributed by atoms with van der Waals surface area (Å²) >= 11 is 5.94. The van der Waals surface area contributed by atoms with Crippen LogP contribution in [0.3, 0.4) is 0 Å². The van der Waals surface area contributed by atoms with Crippen molar-refractivity contribution < 1.29 is 9.53 Å². The summed E-state index contributed by atoms with van der Waals surface area (Å²) in [5.41, 5.74) is 1.70. The molecule has 0 saturated carbocycles. The molecule has 1 aromatic carbocycles. The standard InChI is InChI=1S/C13H15ClO2/c1-9-7-10(4-5-12(9)14)13(15)11-3-2-6-16-8-11/h4-5,7,11H,2-3,6,8H2,1H3. The molecule has 1 fully saturated rings. The van der Waals surface area contributed by atoms with E-state index in [-0.39, 0.29) is 11.7 Å². The monoisotopic (exact) mass is 238 g/mol. The zero-order valence-corrected chi connectivity index (χ0v) is 10.1. The van der Waals surface area contributed by atoms with E-state index >= 15 is 0 Å². The molecule has 0 amide bonds. The highest BCUT2D eigenvalue weighted by Crippen LogP contribution is 2.22. The van der Waals surface area contributed by atoms with E-state index in [0.29, 0.717) is 11.6 Å². The van der Waals surface area contributed by atoms with Crippen molar-refractivity contribution >= 4 is 17.4 Å². The Morgan fingerprint density at radius 3 is 2.94 bits per heavy atom. The maximum atomic E-state index is 12.1. The number of aryl methyl sites for hydroxylation is 1. The smallest absolute Gasteiger partial charge is 0.168 e. The quantitative estimate of drug-likeness (QED) is 0.740. The molecule has 86 valence electrons. The predicted molar refractivity (Wildman–Crippen MR) is 64.1 cm³/mol. The van der Waals surface area contributed by atoms with Crippen LogP contribution in [0, 0.1) is 12.8 Å². The van der Waals surface area contributed by atoms with Gasteiger partial charge in [0.25, 0.3) is 0 Å². The maximum absolute atomic E-state index is 12.1. The minimum absolute atomic E-state index is 0.0225. The highest BCUT2D eigenvalue weighted by molar-refractivity contribution is 6.31. The zero-order chi connectivity index (χ0) is 11.5. The van der Waals surface area contributed by atoms with E-state index < -0.39 is 0 Å². The first-order valence-electron chi connectivity index (χ1n) is 5.56. The van der Waals surface area contributed by atoms with E-state index in [4.69, 9.17) is 16.3 Å². The van der Waals surface area contributed by atoms with Crippen LogP contribution in [0.25, 0.3) is 0 Å². The second-order valence-corrected chi connectivity index (χ2v) is 4.65. The third-order valence-corrected chi connectivity index (χ3v) is 3.40. The molecule has 1 aliphatic heterocycles. The Labute approximate surface area is 101 Å². The number of carbonyl (C=O) groups excluding carboxylic acids is 1. The van der Waals surface area contributed by atoms with Crippen LogP contribution in [0.5, 0.6) is 0 Å². The minimum Gasteiger partial charge on any atom is -0.381 e. The zero-order valence-electron chi connectivity index (χ0n) is 9.33. The predicted octanol–water partition coefficient (Wildman–Crippen LogP) is 3.26. The number of carbonyl (C=O) groups is 1. The van der Waals surface area contributed by atoms with Gasteiger partial charge in [-0.1, -0.05) is 11.6 Å². The van der Waals surface area contributed by atoms with E-state index in [2.05, 4.69) is 0 Å². The summed E-state index contributed by atoms with van der Waals surface area (Å²) in [6.07, 6.45) is 1.91. The Hall–Kier alpha value is -0.860. The van der Waals surface area contributed by atoms with Gasteiger partial charge < -0.3 is 4.74 Å². The van der Waals surface area contributed by atoms with Crippen LogP contribution in [0.4, 0.5) is 0 Å². The van der Waals surface area contributed by atoms with Gasteiger partial charge in [0.05, 0.1) is 6.61 Å². The molecule has 1 heterocycles. The molecule has 0 N–H and O–H groups in total. The van der Waals surface area contributed by atoms with Gasteiger partial charge in [0.15, 0.2) is 5.78 Å². The molecule has 1 saturated heterocycles. The molecule has 2 rings (SSSR count). The van der Waals surface area contributed by atoms with E-state index in [0.717, 1.165) is 30.6 Å². The number of halogens is 1. The summed E-state index contributed by atoms with van der Waals surface area (Å²) < 4.78 is 5.33. The van der Waals surface area contributed by atoms with Crippen molar-refractivity contribution in [3.05, 3.63) is 34.3 Å². The highest BCUT2D eigenvalue weighted by Gasteiger charge is 2.23. The first kappa shape index (κ1) is 11.6. The van der Waals surface area contributed by atoms with Gasteiger partial charge in [0.1, 0.15) is 0 Å². The van der Waals surface area contributed by atoms with Gasteiger partial charge in [-0.3, -0.25) is 4.79 Å². The van der Waals surface area contributed by atoms with Crippen LogP contribution in [0.1, 0.15) is 28.8 Å². The SMILES string of the molecule is Cc1cc(C(=O)C2CCCOC2)ccc1Cl. The molecule has 2 nitrogen and oxygen atoms in total. The summed E-state index contributed by atoms with van der Waals surface area (Å²) in [6, 6.07) is 5.44. The first-order chi connectivity index (χ1) is 7.68. The maximum Gasteiger partial charge on any atom is 0.168 e. The molecular formula is C13H15ClO2. The Morgan fingerprint density at radius 2 is 2.31 bits per heavy atom. The molecule has 1 aromatic rings. The number of rotatable bonds is 2. The van der Waals surface area contributed by atoms with Crippen LogP contribution in [-0.2, 0) is 4.74 Å². The third-order valence-electron chi connectivity index (χ3n) is 2.97. The van der Waals surface area contributed by atoms with Crippen LogP contribution < -0.4 is 0 Å². The Balaban J connectivity index is 2.16. The fraction of sp³-hybridized carbons (Fsp3) is 0.462. The van der Waals surface area contributed by atoms with Gasteiger partial charge in [-0.05, 0) is 43.5 Å². The van der Waals surface area contributed by atoms with E-state index in [9.17, 15) is 4.79 Å². The van der Waals surface area contributed by atoms with E-state index in [1.807, 2.05) is 13.0 Å². The second-order valence-electron chi connectivity index (χ2n) is 4.24. The molecule has 1 aliphatic rings. The highest BCUT2D eigenvalue weighted by atomic mass is 35.5. The lowest BCUT2D eigenvalue weighted by atomic mass is 9.92. The third kappa shape index (κ3) is 2.45. The van der Waals surface area contributed by atoms with Crippen LogP contribution >= 0.6 is 11.6 Å². The molecule has 0 aromatic heterocycles. The topological polar surface area (TPSA) is 26.3 Å². The van der Waals surface area contributed by atoms with Crippen molar-refractivity contribution in [2.45, 2.75) is 19.8 Å². The minimum atomic E-state index is 0.0225. The van der Waals surface area contributed by atoms with Gasteiger partial charge in [-0.2, -0.15) is 0 Å². The molecule has 0 aliphatic carbocycles. The number of ether oxygens (including phenoxy) is 1. The van der Waals surface area contributed by atoms with Crippen molar-refractivity contribution in [3.63, 3.8) is 0 Å². The summed E-state index contributed by atoms with van der Waals surface area (Å²) in [4.78, 5) is 12.1. The van der Waals surface area contributed by atoms with Crippen LogP contribution in [-0.4, -0.2) is 19.0 Å². The molecule has 1 atom stereocenters. The number of Topliss-reactive ketones (excluding diaryl/α,β-unsaturated/α-hetero) is 1. The Kier molecular flexibility index (Phi) is 3.62. The lowest BCUT2D eigenvalue weighted by molar-refractivity contribution is 0.0461. The Bertz CT molecular complexity index is 395. The fourth-order valence-electron chi connectivity index (χ4n) is 1.98. The normalized spacial score (nSPS) is 20.8. The van der Waals surface area contributed by atoms with Gasteiger partial charge >= 0.3 is 0 Å². The molecule has 3 heteroatoms. The van der Waals surface area contributed by atoms with Gasteiger partial charge in [-0.25, -0.2) is 0 Å². The molecule has 0 bridgehead atoms. The van der Waals surface area contributed by atoms with E-state index in [1.54, 1.807) is 12.1 Å². The summed E-state index contributed by atoms with van der Waals surface area (Å²) in [5, 5.41) is 0.705. The number of ketones is 1. The Morgan fingerprint density at radius 1 is 1.50 bits per heavy atom. The fourth-order valence-corrected chi connectivity index (χ4v) is 2.10. The van der Waals surface area contributed by atoms with Gasteiger partial charge in [0.2, 0.25) is 0 Å². The van der Waals surface area contributed by atoms with Crippen molar-refractivity contribution in [2.75, 3.05) is 13.2 Å². The van der Waals surface area contributed by atoms with Crippen LogP contribution in [0.2, 0.25) is 5.02 Å². The number of hydrogen-bond acceptors (Lipinski definition) is 2. The van der Waals surface area contributed by atoms with Crippen molar-refractivity contribution in [3.8, 4) is 0 Å². The summed E-state index contributed by atoms with van der Waals surface area (Å²) in [5.74, 6) is 0.203. The summed E-state index contributed by atoms with van der Waals surface area (Å²) in [7, 11) is 0. The van der Waals surface area contributed by atoms with Crippen LogP contribution in [0.15, 0.2) is 18.2 Å². The van der Waals surface area contributed by atoms with Gasteiger partial charge in [0, 0.05) is 23.1 Å². The molecule has 0 radical (unpaired) electrons. The lowest BCUT2D eigenvalue weighted by Gasteiger charge is -2.21. The average Bonchev–Trinajstić information content (AvgIpc) is 2.33. The first-order valence-corrected chi connectivity index (χ1v) is 5.94. The lowest BCUT2D eigenvalue weighted by Crippen LogP contribution is -2.25.